The van der Waals surface area contributed by atoms with Crippen molar-refractivity contribution in [1.29, 1.82) is 5.41 Å². The van der Waals surface area contributed by atoms with E-state index in [0.717, 1.165) is 11.3 Å². The highest BCUT2D eigenvalue weighted by atomic mass is 16.7. The number of nitrogens with zero attached hydrogens (tertiary/aromatic N) is 5. The molecule has 2 aromatic heterocycles. The summed E-state index contributed by atoms with van der Waals surface area (Å²) in [5.74, 6) is 0.915. The number of allylic oxidation sites excluding steroid dienone is 2. The zero-order chi connectivity index (χ0) is 22.6. The number of nitrogens with one attached hydrogen (secondary N) is 1. The SMILES string of the molecule is N=c1c2cnn(-c3ccccc3)c2ncn1/N=C\c1ccc(OC2=CC=CC(CO)O2)cc1. The van der Waals surface area contributed by atoms with Crippen molar-refractivity contribution in [3.05, 3.63) is 102 Å². The summed E-state index contributed by atoms with van der Waals surface area (Å²) in [6.45, 7) is -0.115. The fourth-order valence-corrected chi connectivity index (χ4v) is 3.28. The molecule has 164 valence electrons. The molecule has 1 aliphatic rings. The standard InChI is InChI=1S/C24H20N6O3/c25-23-21-14-28-30(18-5-2-1-3-6-18)24(21)26-16-29(23)27-13-17-9-11-19(12-10-17)32-22-8-4-7-20(15-31)33-22/h1-14,16,20,25,31H,15H2/b25-23?,27-13-. The van der Waals surface area contributed by atoms with Gasteiger partial charge in [-0.25, -0.2) is 14.3 Å². The molecule has 0 fully saturated rings. The maximum Gasteiger partial charge on any atom is 0.285 e. The molecule has 0 amide bonds. The van der Waals surface area contributed by atoms with E-state index in [1.165, 1.54) is 11.0 Å². The average Bonchev–Trinajstić information content (AvgIpc) is 3.30. The van der Waals surface area contributed by atoms with Gasteiger partial charge in [-0.2, -0.15) is 10.2 Å². The van der Waals surface area contributed by atoms with Crippen LogP contribution in [0.25, 0.3) is 16.7 Å². The van der Waals surface area contributed by atoms with Gasteiger partial charge in [0.2, 0.25) is 0 Å². The molecule has 0 radical (unpaired) electrons. The van der Waals surface area contributed by atoms with E-state index < -0.39 is 6.10 Å². The maximum atomic E-state index is 9.20. The summed E-state index contributed by atoms with van der Waals surface area (Å²) in [4.78, 5) is 4.45. The molecule has 5 rings (SSSR count). The van der Waals surface area contributed by atoms with Crippen LogP contribution in [0.3, 0.4) is 0 Å². The maximum absolute atomic E-state index is 9.20. The van der Waals surface area contributed by atoms with E-state index in [9.17, 15) is 5.11 Å². The Morgan fingerprint density at radius 2 is 1.97 bits per heavy atom. The fraction of sp³-hybridized carbons (Fsp3) is 0.0833. The van der Waals surface area contributed by atoms with Crippen LogP contribution in [0.2, 0.25) is 0 Å². The zero-order valence-electron chi connectivity index (χ0n) is 17.4. The van der Waals surface area contributed by atoms with E-state index in [1.54, 1.807) is 47.5 Å². The number of hydrogen-bond acceptors (Lipinski definition) is 7. The summed E-state index contributed by atoms with van der Waals surface area (Å²) in [5, 5.41) is 27.0. The lowest BCUT2D eigenvalue weighted by Gasteiger charge is -2.18. The summed E-state index contributed by atoms with van der Waals surface area (Å²) < 4.78 is 14.3. The van der Waals surface area contributed by atoms with E-state index in [-0.39, 0.29) is 12.1 Å². The number of para-hydroxylation sites is 1. The van der Waals surface area contributed by atoms with Crippen LogP contribution in [-0.2, 0) is 4.74 Å². The fourth-order valence-electron chi connectivity index (χ4n) is 3.28. The monoisotopic (exact) mass is 440 g/mol. The minimum atomic E-state index is -0.404. The first-order chi connectivity index (χ1) is 16.2. The quantitative estimate of drug-likeness (QED) is 0.448. The molecule has 0 aliphatic carbocycles. The van der Waals surface area contributed by atoms with Gasteiger partial charge in [-0.05, 0) is 48.0 Å². The van der Waals surface area contributed by atoms with E-state index in [4.69, 9.17) is 14.9 Å². The van der Waals surface area contributed by atoms with E-state index >= 15 is 0 Å². The summed E-state index contributed by atoms with van der Waals surface area (Å²) in [5.41, 5.74) is 2.48. The van der Waals surface area contributed by atoms with Crippen molar-refractivity contribution >= 4 is 17.2 Å². The number of aliphatic hydroxyl groups is 1. The largest absolute Gasteiger partial charge is 0.455 e. The third-order valence-electron chi connectivity index (χ3n) is 4.95. The highest BCUT2D eigenvalue weighted by molar-refractivity contribution is 5.80. The Morgan fingerprint density at radius 3 is 2.76 bits per heavy atom. The van der Waals surface area contributed by atoms with Gasteiger partial charge in [-0.15, -0.1) is 0 Å². The second-order valence-electron chi connectivity index (χ2n) is 7.19. The molecule has 1 atom stereocenters. The van der Waals surface area contributed by atoms with Crippen LogP contribution in [-0.4, -0.2) is 43.5 Å². The van der Waals surface area contributed by atoms with Crippen molar-refractivity contribution < 1.29 is 14.6 Å². The number of benzene rings is 2. The predicted molar refractivity (Wildman–Crippen MR) is 122 cm³/mol. The number of aliphatic hydroxyl groups excluding tert-OH is 1. The molecule has 33 heavy (non-hydrogen) atoms. The number of rotatable bonds is 6. The lowest BCUT2D eigenvalue weighted by Crippen LogP contribution is -2.18. The van der Waals surface area contributed by atoms with Crippen molar-refractivity contribution in [2.45, 2.75) is 6.10 Å². The molecule has 2 N–H and O–H groups in total. The van der Waals surface area contributed by atoms with Crippen LogP contribution in [0.4, 0.5) is 0 Å². The van der Waals surface area contributed by atoms with Crippen LogP contribution >= 0.6 is 0 Å². The number of fused-ring (bicyclic) bond motifs is 1. The lowest BCUT2D eigenvalue weighted by atomic mass is 10.2. The van der Waals surface area contributed by atoms with Crippen LogP contribution in [0.15, 0.2) is 96.4 Å². The molecule has 0 saturated carbocycles. The van der Waals surface area contributed by atoms with Crippen molar-refractivity contribution in [1.82, 2.24) is 19.4 Å². The molecule has 9 heteroatoms. The topological polar surface area (TPSA) is 111 Å². The average molecular weight is 440 g/mol. The predicted octanol–water partition coefficient (Wildman–Crippen LogP) is 2.75. The van der Waals surface area contributed by atoms with Crippen LogP contribution < -0.4 is 10.2 Å². The van der Waals surface area contributed by atoms with Crippen LogP contribution in [0.5, 0.6) is 5.75 Å². The van der Waals surface area contributed by atoms with Gasteiger partial charge in [-0.1, -0.05) is 24.3 Å². The first kappa shape index (κ1) is 20.4. The Kier molecular flexibility index (Phi) is 5.52. The Labute approximate surface area is 188 Å². The molecule has 2 aromatic carbocycles. The first-order valence-corrected chi connectivity index (χ1v) is 10.2. The summed E-state index contributed by atoms with van der Waals surface area (Å²) in [6, 6.07) is 16.9. The minimum absolute atomic E-state index is 0.115. The Morgan fingerprint density at radius 1 is 1.15 bits per heavy atom. The summed E-state index contributed by atoms with van der Waals surface area (Å²) in [6.07, 6.45) is 9.58. The van der Waals surface area contributed by atoms with Crippen molar-refractivity contribution in [2.75, 3.05) is 6.61 Å². The molecule has 0 spiro atoms. The second-order valence-corrected chi connectivity index (χ2v) is 7.19. The first-order valence-electron chi connectivity index (χ1n) is 10.2. The van der Waals surface area contributed by atoms with Crippen molar-refractivity contribution in [2.24, 2.45) is 5.10 Å². The Bertz CT molecular complexity index is 1420. The van der Waals surface area contributed by atoms with E-state index in [1.807, 2.05) is 42.5 Å². The van der Waals surface area contributed by atoms with Gasteiger partial charge in [0.1, 0.15) is 18.2 Å². The number of ether oxygens (including phenoxy) is 2. The van der Waals surface area contributed by atoms with Gasteiger partial charge in [-0.3, -0.25) is 5.41 Å². The van der Waals surface area contributed by atoms with E-state index in [0.29, 0.717) is 22.7 Å². The molecular weight excluding hydrogens is 420 g/mol. The van der Waals surface area contributed by atoms with Gasteiger partial charge in [0, 0.05) is 6.08 Å². The summed E-state index contributed by atoms with van der Waals surface area (Å²) >= 11 is 0. The molecule has 9 nitrogen and oxygen atoms in total. The van der Waals surface area contributed by atoms with Gasteiger partial charge in [0.25, 0.3) is 5.95 Å². The number of hydrogen-bond donors (Lipinski definition) is 2. The van der Waals surface area contributed by atoms with Gasteiger partial charge in [0.15, 0.2) is 11.1 Å². The highest BCUT2D eigenvalue weighted by Gasteiger charge is 2.12. The number of aromatic nitrogens is 4. The molecule has 0 saturated heterocycles. The third kappa shape index (κ3) is 4.30. The van der Waals surface area contributed by atoms with Crippen LogP contribution in [0.1, 0.15) is 5.56 Å². The Hall–Kier alpha value is -4.50. The zero-order valence-corrected chi connectivity index (χ0v) is 17.4. The smallest absolute Gasteiger partial charge is 0.285 e. The molecule has 3 heterocycles. The van der Waals surface area contributed by atoms with Crippen molar-refractivity contribution in [3.63, 3.8) is 0 Å². The third-order valence-corrected chi connectivity index (χ3v) is 4.95. The van der Waals surface area contributed by atoms with Gasteiger partial charge < -0.3 is 14.6 Å². The lowest BCUT2D eigenvalue weighted by molar-refractivity contribution is 0.0317. The second kappa shape index (κ2) is 8.93. The normalized spacial score (nSPS) is 15.5. The van der Waals surface area contributed by atoms with Gasteiger partial charge in [0.05, 0.1) is 30.1 Å². The highest BCUT2D eigenvalue weighted by Crippen LogP contribution is 2.19. The Balaban J connectivity index is 1.32. The molecule has 4 aromatic rings. The van der Waals surface area contributed by atoms with Gasteiger partial charge >= 0.3 is 0 Å². The molecule has 0 bridgehead atoms. The van der Waals surface area contributed by atoms with E-state index in [2.05, 4.69) is 15.2 Å². The van der Waals surface area contributed by atoms with Crippen LogP contribution in [0, 0.1) is 5.41 Å². The molecular formula is C24H20N6O3. The summed E-state index contributed by atoms with van der Waals surface area (Å²) in [7, 11) is 0. The minimum Gasteiger partial charge on any atom is -0.455 e. The van der Waals surface area contributed by atoms with Crippen molar-refractivity contribution in [3.8, 4) is 11.4 Å². The molecule has 1 unspecified atom stereocenters. The molecule has 1 aliphatic heterocycles.